The van der Waals surface area contributed by atoms with Gasteiger partial charge in [-0.2, -0.15) is 0 Å². The highest BCUT2D eigenvalue weighted by Crippen LogP contribution is 2.30. The minimum absolute atomic E-state index is 0.727. The Bertz CT molecular complexity index is 662. The van der Waals surface area contributed by atoms with Crippen molar-refractivity contribution < 1.29 is 0 Å². The van der Waals surface area contributed by atoms with Crippen molar-refractivity contribution >= 4 is 5.96 Å². The van der Waals surface area contributed by atoms with Gasteiger partial charge in [0.15, 0.2) is 5.96 Å². The normalized spacial score (nSPS) is 19.6. The van der Waals surface area contributed by atoms with E-state index < -0.39 is 0 Å². The Labute approximate surface area is 138 Å². The minimum atomic E-state index is 0.727. The summed E-state index contributed by atoms with van der Waals surface area (Å²) in [5.41, 5.74) is 2.64. The number of aliphatic imine (C=N–C) groups is 1. The monoisotopic (exact) mass is 305 g/mol. The fourth-order valence-corrected chi connectivity index (χ4v) is 3.23. The summed E-state index contributed by atoms with van der Waals surface area (Å²) in [6, 6.07) is 22.0. The van der Waals surface area contributed by atoms with E-state index in [-0.39, 0.29) is 0 Å². The van der Waals surface area contributed by atoms with Crippen molar-refractivity contribution in [2.24, 2.45) is 4.99 Å². The van der Waals surface area contributed by atoms with Crippen LogP contribution in [-0.2, 0) is 13.1 Å². The predicted molar refractivity (Wildman–Crippen MR) is 94.2 cm³/mol. The third-order valence-corrected chi connectivity index (χ3v) is 4.60. The number of rotatable bonds is 5. The molecule has 0 radical (unpaired) electrons. The lowest BCUT2D eigenvalue weighted by atomic mass is 10.2. The van der Waals surface area contributed by atoms with Crippen LogP contribution in [0.15, 0.2) is 65.7 Å². The number of hydrogen-bond acceptors (Lipinski definition) is 1. The summed E-state index contributed by atoms with van der Waals surface area (Å²) < 4.78 is 0. The molecule has 2 fully saturated rings. The second kappa shape index (κ2) is 6.45. The van der Waals surface area contributed by atoms with Crippen molar-refractivity contribution in [2.45, 2.75) is 32.0 Å². The van der Waals surface area contributed by atoms with E-state index in [1.54, 1.807) is 0 Å². The van der Waals surface area contributed by atoms with E-state index in [4.69, 9.17) is 4.99 Å². The van der Waals surface area contributed by atoms with E-state index in [1.165, 1.54) is 29.9 Å². The van der Waals surface area contributed by atoms with Crippen molar-refractivity contribution in [3.05, 3.63) is 71.8 Å². The minimum Gasteiger partial charge on any atom is -0.338 e. The highest BCUT2D eigenvalue weighted by atomic mass is 15.4. The summed E-state index contributed by atoms with van der Waals surface area (Å²) in [6.07, 6.45) is 2.65. The lowest BCUT2D eigenvalue weighted by molar-refractivity contribution is 0.449. The van der Waals surface area contributed by atoms with Crippen LogP contribution in [0.3, 0.4) is 0 Å². The Morgan fingerprint density at radius 3 is 2.13 bits per heavy atom. The molecule has 0 atom stereocenters. The van der Waals surface area contributed by atoms with E-state index in [9.17, 15) is 0 Å². The summed E-state index contributed by atoms with van der Waals surface area (Å²) in [5, 5.41) is 0. The molecule has 1 saturated carbocycles. The third-order valence-electron chi connectivity index (χ3n) is 4.60. The summed E-state index contributed by atoms with van der Waals surface area (Å²) in [6.45, 7) is 3.92. The number of hydrogen-bond donors (Lipinski definition) is 0. The molecule has 4 rings (SSSR count). The van der Waals surface area contributed by atoms with Crippen molar-refractivity contribution in [3.8, 4) is 0 Å². The van der Waals surface area contributed by atoms with Crippen LogP contribution in [0.2, 0.25) is 0 Å². The topological polar surface area (TPSA) is 18.8 Å². The first-order valence-electron chi connectivity index (χ1n) is 8.54. The second-order valence-electron chi connectivity index (χ2n) is 6.43. The fourth-order valence-electron chi connectivity index (χ4n) is 3.23. The molecule has 1 saturated heterocycles. The molecule has 118 valence electrons. The first-order valence-corrected chi connectivity index (χ1v) is 8.54. The zero-order valence-electron chi connectivity index (χ0n) is 13.4. The Balaban J connectivity index is 1.53. The molecular formula is C20H23N3. The summed E-state index contributed by atoms with van der Waals surface area (Å²) in [7, 11) is 0. The second-order valence-corrected chi connectivity index (χ2v) is 6.43. The molecule has 0 bridgehead atoms. The van der Waals surface area contributed by atoms with Crippen molar-refractivity contribution in [2.75, 3.05) is 13.1 Å². The van der Waals surface area contributed by atoms with Gasteiger partial charge in [0.2, 0.25) is 0 Å². The Morgan fingerprint density at radius 2 is 1.48 bits per heavy atom. The first kappa shape index (κ1) is 14.3. The van der Waals surface area contributed by atoms with Crippen LogP contribution in [-0.4, -0.2) is 34.9 Å². The van der Waals surface area contributed by atoms with Crippen LogP contribution in [0.4, 0.5) is 0 Å². The quantitative estimate of drug-likeness (QED) is 0.841. The average Bonchev–Trinajstić information content (AvgIpc) is 3.37. The summed E-state index contributed by atoms with van der Waals surface area (Å²) in [4.78, 5) is 9.94. The molecule has 2 aliphatic rings. The highest BCUT2D eigenvalue weighted by Gasteiger charge is 2.37. The Hall–Kier alpha value is -2.29. The Morgan fingerprint density at radius 1 is 0.826 bits per heavy atom. The van der Waals surface area contributed by atoms with Gasteiger partial charge < -0.3 is 9.80 Å². The van der Waals surface area contributed by atoms with Crippen molar-refractivity contribution in [1.29, 1.82) is 0 Å². The first-order chi connectivity index (χ1) is 11.4. The molecule has 0 amide bonds. The Kier molecular flexibility index (Phi) is 4.01. The maximum atomic E-state index is 4.98. The van der Waals surface area contributed by atoms with Gasteiger partial charge in [-0.05, 0) is 24.0 Å². The van der Waals surface area contributed by atoms with E-state index in [0.29, 0.717) is 0 Å². The molecule has 0 unspecified atom stereocenters. The van der Waals surface area contributed by atoms with E-state index >= 15 is 0 Å². The molecule has 1 heterocycles. The van der Waals surface area contributed by atoms with Crippen LogP contribution in [0.5, 0.6) is 0 Å². The zero-order valence-corrected chi connectivity index (χ0v) is 13.4. The van der Waals surface area contributed by atoms with Gasteiger partial charge in [-0.3, -0.25) is 0 Å². The predicted octanol–water partition coefficient (Wildman–Crippen LogP) is 3.52. The zero-order chi connectivity index (χ0) is 15.5. The molecule has 0 N–H and O–H groups in total. The van der Waals surface area contributed by atoms with Gasteiger partial charge in [-0.15, -0.1) is 0 Å². The summed E-state index contributed by atoms with van der Waals surface area (Å²) in [5.74, 6) is 1.19. The maximum absolute atomic E-state index is 4.98. The molecule has 3 nitrogen and oxygen atoms in total. The van der Waals surface area contributed by atoms with E-state index in [2.05, 4.69) is 70.5 Å². The maximum Gasteiger partial charge on any atom is 0.197 e. The van der Waals surface area contributed by atoms with Crippen LogP contribution in [0.25, 0.3) is 0 Å². The van der Waals surface area contributed by atoms with Crippen LogP contribution in [0.1, 0.15) is 24.0 Å². The van der Waals surface area contributed by atoms with Gasteiger partial charge >= 0.3 is 0 Å². The lowest BCUT2D eigenvalue weighted by Crippen LogP contribution is -2.34. The molecule has 23 heavy (non-hydrogen) atoms. The fraction of sp³-hybridized carbons (Fsp3) is 0.350. The van der Waals surface area contributed by atoms with Crippen molar-refractivity contribution in [1.82, 2.24) is 9.80 Å². The molecule has 2 aromatic rings. The number of benzene rings is 2. The highest BCUT2D eigenvalue weighted by molar-refractivity contribution is 5.82. The standard InChI is InChI=1S/C20H23N3/c1-3-7-17(8-4-1)15-21-20-22(13-14-23(20)19-11-12-19)16-18-9-5-2-6-10-18/h1-10,19H,11-16H2. The third kappa shape index (κ3) is 3.39. The van der Waals surface area contributed by atoms with E-state index in [0.717, 1.165) is 32.2 Å². The number of nitrogens with zero attached hydrogens (tertiary/aromatic N) is 3. The summed E-state index contributed by atoms with van der Waals surface area (Å²) >= 11 is 0. The van der Waals surface area contributed by atoms with Gasteiger partial charge in [0.1, 0.15) is 0 Å². The largest absolute Gasteiger partial charge is 0.338 e. The van der Waals surface area contributed by atoms with Crippen LogP contribution < -0.4 is 0 Å². The van der Waals surface area contributed by atoms with Gasteiger partial charge in [-0.25, -0.2) is 4.99 Å². The van der Waals surface area contributed by atoms with Gasteiger partial charge in [0.25, 0.3) is 0 Å². The van der Waals surface area contributed by atoms with Gasteiger partial charge in [-0.1, -0.05) is 60.7 Å². The van der Waals surface area contributed by atoms with Crippen LogP contribution >= 0.6 is 0 Å². The van der Waals surface area contributed by atoms with Crippen LogP contribution in [0, 0.1) is 0 Å². The molecule has 0 aromatic heterocycles. The smallest absolute Gasteiger partial charge is 0.197 e. The molecule has 1 aliphatic heterocycles. The van der Waals surface area contributed by atoms with Crippen molar-refractivity contribution in [3.63, 3.8) is 0 Å². The number of guanidine groups is 1. The van der Waals surface area contributed by atoms with E-state index in [1.807, 2.05) is 0 Å². The average molecular weight is 305 g/mol. The van der Waals surface area contributed by atoms with Gasteiger partial charge in [0, 0.05) is 25.7 Å². The molecule has 0 spiro atoms. The SMILES string of the molecule is c1ccc(CN=C2N(Cc3ccccc3)CCN2C2CC2)cc1. The molecule has 1 aliphatic carbocycles. The molecule has 2 aromatic carbocycles. The van der Waals surface area contributed by atoms with Gasteiger partial charge in [0.05, 0.1) is 6.54 Å². The molecule has 3 heteroatoms. The molecular weight excluding hydrogens is 282 g/mol. The lowest BCUT2D eigenvalue weighted by Gasteiger charge is -2.23.